The Morgan fingerprint density at radius 1 is 0.857 bits per heavy atom. The number of pyridine rings is 2. The molecule has 35 heavy (non-hydrogen) atoms. The first-order valence-corrected chi connectivity index (χ1v) is 11.5. The molecule has 0 fully saturated rings. The molecule has 5 aromatic rings. The highest BCUT2D eigenvalue weighted by Crippen LogP contribution is 2.32. The summed E-state index contributed by atoms with van der Waals surface area (Å²) in [5.74, 6) is -0.182. The molecule has 7 heteroatoms. The highest BCUT2D eigenvalue weighted by molar-refractivity contribution is 5.96. The fourth-order valence-corrected chi connectivity index (χ4v) is 4.05. The molecule has 1 amide bonds. The molecule has 0 saturated carbocycles. The summed E-state index contributed by atoms with van der Waals surface area (Å²) in [5, 5.41) is 11.8. The molecule has 1 atom stereocenters. The summed E-state index contributed by atoms with van der Waals surface area (Å²) in [6, 6.07) is 27.4. The number of hydrogen-bond acceptors (Lipinski definition) is 5. The van der Waals surface area contributed by atoms with Crippen molar-refractivity contribution in [2.75, 3.05) is 5.32 Å². The maximum Gasteiger partial charge on any atom is 0.234 e. The van der Waals surface area contributed by atoms with Crippen molar-refractivity contribution in [1.29, 1.82) is 0 Å². The second kappa shape index (κ2) is 10.1. The molecule has 0 bridgehead atoms. The van der Waals surface area contributed by atoms with Gasteiger partial charge in [0, 0.05) is 29.7 Å². The summed E-state index contributed by atoms with van der Waals surface area (Å²) in [7, 11) is 0. The van der Waals surface area contributed by atoms with Crippen LogP contribution in [0, 0.1) is 0 Å². The van der Waals surface area contributed by atoms with E-state index in [-0.39, 0.29) is 5.91 Å². The van der Waals surface area contributed by atoms with E-state index in [2.05, 4.69) is 25.6 Å². The Labute approximate surface area is 203 Å². The largest absolute Gasteiger partial charge is 0.310 e. The van der Waals surface area contributed by atoms with E-state index < -0.39 is 5.92 Å². The lowest BCUT2D eigenvalue weighted by Gasteiger charge is -2.15. The van der Waals surface area contributed by atoms with Gasteiger partial charge in [-0.15, -0.1) is 5.10 Å². The van der Waals surface area contributed by atoms with Crippen molar-refractivity contribution in [1.82, 2.24) is 25.0 Å². The second-order valence-corrected chi connectivity index (χ2v) is 8.05. The lowest BCUT2D eigenvalue weighted by Crippen LogP contribution is -2.22. The molecule has 5 rings (SSSR count). The summed E-state index contributed by atoms with van der Waals surface area (Å²) in [4.78, 5) is 21.9. The third-order valence-electron chi connectivity index (χ3n) is 5.83. The van der Waals surface area contributed by atoms with E-state index in [9.17, 15) is 4.79 Å². The SMILES string of the molecule is CCC(C(=O)Nc1ccc(-c2ccccc2)cn1)c1nnn(-c2ccncc2)c1-c1ccccc1. The van der Waals surface area contributed by atoms with E-state index in [4.69, 9.17) is 0 Å². The molecule has 0 saturated heterocycles. The van der Waals surface area contributed by atoms with Crippen molar-refractivity contribution in [3.63, 3.8) is 0 Å². The van der Waals surface area contributed by atoms with Crippen LogP contribution in [0.1, 0.15) is 25.0 Å². The van der Waals surface area contributed by atoms with Crippen LogP contribution >= 0.6 is 0 Å². The molecule has 3 aromatic heterocycles. The van der Waals surface area contributed by atoms with Gasteiger partial charge < -0.3 is 5.32 Å². The smallest absolute Gasteiger partial charge is 0.234 e. The first-order chi connectivity index (χ1) is 17.2. The number of carbonyl (C=O) groups excluding carboxylic acids is 1. The van der Waals surface area contributed by atoms with Gasteiger partial charge in [0.05, 0.1) is 17.3 Å². The van der Waals surface area contributed by atoms with Gasteiger partial charge in [-0.1, -0.05) is 72.8 Å². The molecule has 1 N–H and O–H groups in total. The zero-order valence-electron chi connectivity index (χ0n) is 19.2. The highest BCUT2D eigenvalue weighted by Gasteiger charge is 2.28. The van der Waals surface area contributed by atoms with Crippen molar-refractivity contribution in [2.24, 2.45) is 0 Å². The van der Waals surface area contributed by atoms with E-state index in [1.807, 2.05) is 91.9 Å². The van der Waals surface area contributed by atoms with Gasteiger partial charge in [0.25, 0.3) is 0 Å². The van der Waals surface area contributed by atoms with Crippen molar-refractivity contribution < 1.29 is 4.79 Å². The van der Waals surface area contributed by atoms with E-state index in [1.54, 1.807) is 23.3 Å². The minimum absolute atomic E-state index is 0.175. The van der Waals surface area contributed by atoms with Crippen LogP contribution in [0.2, 0.25) is 0 Å². The van der Waals surface area contributed by atoms with Gasteiger partial charge in [-0.05, 0) is 36.2 Å². The third-order valence-corrected chi connectivity index (χ3v) is 5.83. The molecular formula is C28H24N6O. The van der Waals surface area contributed by atoms with E-state index in [0.717, 1.165) is 28.1 Å². The van der Waals surface area contributed by atoms with Crippen molar-refractivity contribution in [2.45, 2.75) is 19.3 Å². The van der Waals surface area contributed by atoms with Crippen molar-refractivity contribution in [3.05, 3.63) is 109 Å². The number of amides is 1. The van der Waals surface area contributed by atoms with Gasteiger partial charge in [-0.2, -0.15) is 0 Å². The van der Waals surface area contributed by atoms with Crippen LogP contribution in [0.5, 0.6) is 0 Å². The molecule has 1 unspecified atom stereocenters. The van der Waals surface area contributed by atoms with Crippen LogP contribution in [-0.2, 0) is 4.79 Å². The van der Waals surface area contributed by atoms with Gasteiger partial charge >= 0.3 is 0 Å². The van der Waals surface area contributed by atoms with E-state index in [0.29, 0.717) is 17.9 Å². The van der Waals surface area contributed by atoms with Crippen LogP contribution in [0.4, 0.5) is 5.82 Å². The van der Waals surface area contributed by atoms with Crippen LogP contribution in [0.3, 0.4) is 0 Å². The van der Waals surface area contributed by atoms with Crippen molar-refractivity contribution in [3.8, 4) is 28.1 Å². The third kappa shape index (κ3) is 4.70. The summed E-state index contributed by atoms with van der Waals surface area (Å²) in [6.07, 6.45) is 5.74. The molecule has 0 aliphatic rings. The van der Waals surface area contributed by atoms with Crippen molar-refractivity contribution >= 4 is 11.7 Å². The normalized spacial score (nSPS) is 11.7. The number of benzene rings is 2. The van der Waals surface area contributed by atoms with E-state index >= 15 is 0 Å². The Hall–Kier alpha value is -4.65. The number of carbonyl (C=O) groups is 1. The Morgan fingerprint density at radius 3 is 2.17 bits per heavy atom. The number of nitrogens with zero attached hydrogens (tertiary/aromatic N) is 5. The lowest BCUT2D eigenvalue weighted by atomic mass is 9.96. The average molecular weight is 461 g/mol. The maximum atomic E-state index is 13.4. The molecule has 7 nitrogen and oxygen atoms in total. The molecule has 3 heterocycles. The topological polar surface area (TPSA) is 85.6 Å². The zero-order valence-corrected chi connectivity index (χ0v) is 19.2. The minimum Gasteiger partial charge on any atom is -0.310 e. The number of rotatable bonds is 7. The Kier molecular flexibility index (Phi) is 6.39. The first kappa shape index (κ1) is 22.2. The summed E-state index contributed by atoms with van der Waals surface area (Å²) in [5.41, 5.74) is 5.22. The summed E-state index contributed by atoms with van der Waals surface area (Å²) >= 11 is 0. The molecule has 0 radical (unpaired) electrons. The molecule has 172 valence electrons. The highest BCUT2D eigenvalue weighted by atomic mass is 16.2. The van der Waals surface area contributed by atoms with Gasteiger partial charge in [-0.25, -0.2) is 9.67 Å². The standard InChI is InChI=1S/C28H24N6O/c1-2-24(28(35)31-25-14-13-22(19-30-25)20-9-5-3-6-10-20)26-27(21-11-7-4-8-12-21)34(33-32-26)23-15-17-29-18-16-23/h3-19,24H,2H2,1H3,(H,30,31,35). The summed E-state index contributed by atoms with van der Waals surface area (Å²) in [6.45, 7) is 1.97. The van der Waals surface area contributed by atoms with Gasteiger partial charge in [0.2, 0.25) is 5.91 Å². The number of nitrogens with one attached hydrogen (secondary N) is 1. The molecular weight excluding hydrogens is 436 g/mol. The minimum atomic E-state index is -0.503. The van der Waals surface area contributed by atoms with Crippen LogP contribution in [0.15, 0.2) is 104 Å². The molecule has 2 aromatic carbocycles. The quantitative estimate of drug-likeness (QED) is 0.345. The fourth-order valence-electron chi connectivity index (χ4n) is 4.05. The van der Waals surface area contributed by atoms with Crippen LogP contribution in [-0.4, -0.2) is 30.9 Å². The second-order valence-electron chi connectivity index (χ2n) is 8.05. The molecule has 0 spiro atoms. The maximum absolute atomic E-state index is 13.4. The first-order valence-electron chi connectivity index (χ1n) is 11.5. The fraction of sp³-hybridized carbons (Fsp3) is 0.107. The lowest BCUT2D eigenvalue weighted by molar-refractivity contribution is -0.117. The molecule has 0 aliphatic carbocycles. The Morgan fingerprint density at radius 2 is 1.54 bits per heavy atom. The zero-order chi connectivity index (χ0) is 24.0. The van der Waals surface area contributed by atoms with Gasteiger partial charge in [-0.3, -0.25) is 9.78 Å². The monoisotopic (exact) mass is 460 g/mol. The van der Waals surface area contributed by atoms with Crippen LogP contribution in [0.25, 0.3) is 28.1 Å². The van der Waals surface area contributed by atoms with E-state index in [1.165, 1.54) is 0 Å². The number of anilines is 1. The number of hydrogen-bond donors (Lipinski definition) is 1. The predicted molar refractivity (Wildman–Crippen MR) is 136 cm³/mol. The van der Waals surface area contributed by atoms with Gasteiger partial charge in [0.15, 0.2) is 0 Å². The molecule has 0 aliphatic heterocycles. The van der Waals surface area contributed by atoms with Crippen LogP contribution < -0.4 is 5.32 Å². The Bertz CT molecular complexity index is 1400. The number of aromatic nitrogens is 5. The average Bonchev–Trinajstić information content (AvgIpc) is 3.36. The van der Waals surface area contributed by atoms with Gasteiger partial charge in [0.1, 0.15) is 11.5 Å². The Balaban J connectivity index is 1.46. The predicted octanol–water partition coefficient (Wildman–Crippen LogP) is 5.52. The summed E-state index contributed by atoms with van der Waals surface area (Å²) < 4.78 is 1.76.